The van der Waals surface area contributed by atoms with Crippen LogP contribution in [-0.4, -0.2) is 25.8 Å². The molecule has 0 amide bonds. The van der Waals surface area contributed by atoms with Crippen LogP contribution in [0, 0.1) is 0 Å². The zero-order valence-electron chi connectivity index (χ0n) is 9.72. The second kappa shape index (κ2) is 6.60. The van der Waals surface area contributed by atoms with Crippen molar-refractivity contribution in [1.82, 2.24) is 5.32 Å². The third-order valence-corrected chi connectivity index (χ3v) is 3.37. The lowest BCUT2D eigenvalue weighted by Gasteiger charge is -2.07. The molecule has 0 radical (unpaired) electrons. The molecule has 1 aliphatic rings. The van der Waals surface area contributed by atoms with E-state index in [2.05, 4.69) is 5.32 Å². The molecule has 1 aliphatic carbocycles. The number of nitrogens with one attached hydrogen (secondary N) is 1. The zero-order chi connectivity index (χ0) is 12.1. The lowest BCUT2D eigenvalue weighted by atomic mass is 10.2. The molecule has 2 nitrogen and oxygen atoms in total. The fourth-order valence-electron chi connectivity index (χ4n) is 1.63. The maximum absolute atomic E-state index is 6.07. The van der Waals surface area contributed by atoms with E-state index in [1.165, 1.54) is 12.8 Å². The molecule has 0 saturated heterocycles. The van der Waals surface area contributed by atoms with Crippen LogP contribution in [-0.2, 0) is 11.2 Å². The van der Waals surface area contributed by atoms with Crippen molar-refractivity contribution in [2.45, 2.75) is 25.3 Å². The smallest absolute Gasteiger partial charge is 0.0591 e. The van der Waals surface area contributed by atoms with Crippen LogP contribution in [0.15, 0.2) is 18.2 Å². The molecule has 94 valence electrons. The van der Waals surface area contributed by atoms with Gasteiger partial charge in [-0.3, -0.25) is 0 Å². The van der Waals surface area contributed by atoms with Gasteiger partial charge in [0.1, 0.15) is 0 Å². The summed E-state index contributed by atoms with van der Waals surface area (Å²) in [5, 5.41) is 4.80. The van der Waals surface area contributed by atoms with Crippen LogP contribution in [0.1, 0.15) is 18.4 Å². The summed E-state index contributed by atoms with van der Waals surface area (Å²) in [5.74, 6) is 0. The molecule has 0 aliphatic heterocycles. The number of ether oxygens (including phenoxy) is 1. The van der Waals surface area contributed by atoms with Crippen molar-refractivity contribution in [3.8, 4) is 0 Å². The minimum Gasteiger partial charge on any atom is -0.380 e. The van der Waals surface area contributed by atoms with Gasteiger partial charge < -0.3 is 10.1 Å². The molecule has 1 fully saturated rings. The second-order valence-electron chi connectivity index (χ2n) is 4.33. The second-order valence-corrected chi connectivity index (χ2v) is 5.17. The first kappa shape index (κ1) is 13.2. The first-order valence-electron chi connectivity index (χ1n) is 6.01. The average Bonchev–Trinajstić information content (AvgIpc) is 3.09. The standard InChI is InChI=1S/C13H17Cl2NO/c14-11-2-1-10(13(15)9-11)5-7-17-8-6-16-12-3-4-12/h1-2,9,12,16H,3-8H2. The number of hydrogen-bond donors (Lipinski definition) is 1. The Kier molecular flexibility index (Phi) is 5.11. The van der Waals surface area contributed by atoms with Crippen LogP contribution in [0.4, 0.5) is 0 Å². The number of halogens is 2. The quantitative estimate of drug-likeness (QED) is 0.770. The van der Waals surface area contributed by atoms with E-state index in [1.807, 2.05) is 12.1 Å². The predicted molar refractivity (Wildman–Crippen MR) is 72.0 cm³/mol. The third kappa shape index (κ3) is 4.84. The van der Waals surface area contributed by atoms with Crippen molar-refractivity contribution in [1.29, 1.82) is 0 Å². The molecule has 4 heteroatoms. The fraction of sp³-hybridized carbons (Fsp3) is 0.538. The Balaban J connectivity index is 1.60. The van der Waals surface area contributed by atoms with E-state index in [4.69, 9.17) is 27.9 Å². The summed E-state index contributed by atoms with van der Waals surface area (Å²) < 4.78 is 5.55. The molecule has 1 saturated carbocycles. The maximum atomic E-state index is 6.07. The molecule has 2 rings (SSSR count). The van der Waals surface area contributed by atoms with Gasteiger partial charge in [-0.25, -0.2) is 0 Å². The van der Waals surface area contributed by atoms with E-state index in [-0.39, 0.29) is 0 Å². The highest BCUT2D eigenvalue weighted by Gasteiger charge is 2.19. The Hall–Kier alpha value is -0.280. The summed E-state index contributed by atoms with van der Waals surface area (Å²) in [4.78, 5) is 0. The van der Waals surface area contributed by atoms with Crippen molar-refractivity contribution in [3.63, 3.8) is 0 Å². The van der Waals surface area contributed by atoms with Crippen molar-refractivity contribution in [2.75, 3.05) is 19.8 Å². The van der Waals surface area contributed by atoms with E-state index < -0.39 is 0 Å². The highest BCUT2D eigenvalue weighted by atomic mass is 35.5. The lowest BCUT2D eigenvalue weighted by Crippen LogP contribution is -2.22. The summed E-state index contributed by atoms with van der Waals surface area (Å²) in [6.45, 7) is 2.41. The Labute approximate surface area is 112 Å². The van der Waals surface area contributed by atoms with Crippen molar-refractivity contribution < 1.29 is 4.74 Å². The van der Waals surface area contributed by atoms with Gasteiger partial charge in [-0.05, 0) is 37.0 Å². The molecule has 1 aromatic carbocycles. The molecular weight excluding hydrogens is 257 g/mol. The first-order valence-corrected chi connectivity index (χ1v) is 6.76. The summed E-state index contributed by atoms with van der Waals surface area (Å²) in [5.41, 5.74) is 1.09. The molecule has 0 aromatic heterocycles. The van der Waals surface area contributed by atoms with Gasteiger partial charge in [0.15, 0.2) is 0 Å². The third-order valence-electron chi connectivity index (χ3n) is 2.79. The van der Waals surface area contributed by atoms with Crippen LogP contribution in [0.5, 0.6) is 0 Å². The van der Waals surface area contributed by atoms with Crippen LogP contribution in [0.3, 0.4) is 0 Å². The topological polar surface area (TPSA) is 21.3 Å². The molecule has 1 aromatic rings. The van der Waals surface area contributed by atoms with Gasteiger partial charge in [0.2, 0.25) is 0 Å². The van der Waals surface area contributed by atoms with Gasteiger partial charge in [-0.15, -0.1) is 0 Å². The van der Waals surface area contributed by atoms with Crippen molar-refractivity contribution in [2.24, 2.45) is 0 Å². The monoisotopic (exact) mass is 273 g/mol. The van der Waals surface area contributed by atoms with Crippen molar-refractivity contribution in [3.05, 3.63) is 33.8 Å². The SMILES string of the molecule is Clc1ccc(CCOCCNC2CC2)c(Cl)c1. The van der Waals surface area contributed by atoms with Crippen LogP contribution in [0.25, 0.3) is 0 Å². The van der Waals surface area contributed by atoms with E-state index in [0.717, 1.165) is 36.2 Å². The summed E-state index contributed by atoms with van der Waals surface area (Å²) in [7, 11) is 0. The molecule has 17 heavy (non-hydrogen) atoms. The first-order chi connectivity index (χ1) is 8.25. The van der Waals surface area contributed by atoms with Crippen LogP contribution in [0.2, 0.25) is 10.0 Å². The highest BCUT2D eigenvalue weighted by Crippen LogP contribution is 2.21. The van der Waals surface area contributed by atoms with E-state index in [0.29, 0.717) is 11.6 Å². The fourth-order valence-corrected chi connectivity index (χ4v) is 2.13. The van der Waals surface area contributed by atoms with Gasteiger partial charge in [0, 0.05) is 22.6 Å². The Morgan fingerprint density at radius 1 is 1.24 bits per heavy atom. The predicted octanol–water partition coefficient (Wildman–Crippen LogP) is 3.30. The minimum atomic E-state index is 0.674. The Morgan fingerprint density at radius 2 is 2.06 bits per heavy atom. The van der Waals surface area contributed by atoms with E-state index >= 15 is 0 Å². The average molecular weight is 274 g/mol. The molecule has 0 spiro atoms. The molecule has 1 N–H and O–H groups in total. The summed E-state index contributed by atoms with van der Waals surface area (Å²) in [6.07, 6.45) is 3.47. The normalized spacial score (nSPS) is 15.2. The lowest BCUT2D eigenvalue weighted by molar-refractivity contribution is 0.138. The molecule has 0 unspecified atom stereocenters. The number of benzene rings is 1. The number of rotatable bonds is 7. The minimum absolute atomic E-state index is 0.674. The molecule has 0 heterocycles. The Morgan fingerprint density at radius 3 is 2.76 bits per heavy atom. The highest BCUT2D eigenvalue weighted by molar-refractivity contribution is 6.35. The largest absolute Gasteiger partial charge is 0.380 e. The maximum Gasteiger partial charge on any atom is 0.0591 e. The van der Waals surface area contributed by atoms with Crippen molar-refractivity contribution >= 4 is 23.2 Å². The van der Waals surface area contributed by atoms with Gasteiger partial charge in [0.05, 0.1) is 13.2 Å². The summed E-state index contributed by atoms with van der Waals surface area (Å²) >= 11 is 11.9. The molecule has 0 bridgehead atoms. The molecule has 0 atom stereocenters. The molecular formula is C13H17Cl2NO. The van der Waals surface area contributed by atoms with Gasteiger partial charge in [-0.1, -0.05) is 29.3 Å². The number of hydrogen-bond acceptors (Lipinski definition) is 2. The van der Waals surface area contributed by atoms with E-state index in [9.17, 15) is 0 Å². The van der Waals surface area contributed by atoms with Gasteiger partial charge in [-0.2, -0.15) is 0 Å². The van der Waals surface area contributed by atoms with E-state index in [1.54, 1.807) is 6.07 Å². The zero-order valence-corrected chi connectivity index (χ0v) is 11.2. The van der Waals surface area contributed by atoms with Crippen LogP contribution < -0.4 is 5.32 Å². The van der Waals surface area contributed by atoms with Crippen LogP contribution >= 0.6 is 23.2 Å². The van der Waals surface area contributed by atoms with Gasteiger partial charge in [0.25, 0.3) is 0 Å². The Bertz CT molecular complexity index is 366. The summed E-state index contributed by atoms with van der Waals surface area (Å²) in [6, 6.07) is 6.34. The van der Waals surface area contributed by atoms with Gasteiger partial charge >= 0.3 is 0 Å².